The third-order valence-corrected chi connectivity index (χ3v) is 16.9. The Balaban J connectivity index is 3.78. The third-order valence-electron chi connectivity index (χ3n) is 15.9. The molecule has 0 aliphatic carbocycles. The van der Waals surface area contributed by atoms with E-state index in [-0.39, 0.29) is 38.6 Å². The number of carbonyl (C=O) groups is 2. The molecule has 0 aliphatic heterocycles. The molecule has 0 aliphatic rings. The average Bonchev–Trinajstić information content (AvgIpc) is 3.48. The molecule has 0 spiro atoms. The van der Waals surface area contributed by atoms with Crippen LogP contribution in [0, 0.1) is 0 Å². The maximum Gasteiger partial charge on any atom is 0.472 e. The summed E-state index contributed by atoms with van der Waals surface area (Å²) in [6.45, 7) is 3.76. The molecule has 0 radical (unpaired) electrons. The van der Waals surface area contributed by atoms with E-state index in [4.69, 9.17) is 24.3 Å². The van der Waals surface area contributed by atoms with Crippen LogP contribution in [-0.2, 0) is 32.7 Å². The van der Waals surface area contributed by atoms with E-state index >= 15 is 0 Å². The second-order valence-electron chi connectivity index (χ2n) is 24.1. The number of phosphoric acid groups is 1. The van der Waals surface area contributed by atoms with Gasteiger partial charge in [-0.3, -0.25) is 18.6 Å². The summed E-state index contributed by atoms with van der Waals surface area (Å²) in [5.74, 6) is -0.821. The van der Waals surface area contributed by atoms with Gasteiger partial charge in [0.05, 0.1) is 13.2 Å². The lowest BCUT2D eigenvalue weighted by Gasteiger charge is -2.19. The molecule has 0 amide bonds. The molecule has 9 nitrogen and oxygen atoms in total. The highest BCUT2D eigenvalue weighted by atomic mass is 31.2. The summed E-state index contributed by atoms with van der Waals surface area (Å²) in [6.07, 6.45) is 89.0. The van der Waals surface area contributed by atoms with E-state index in [1.54, 1.807) is 0 Å². The van der Waals surface area contributed by atoms with Crippen LogP contribution in [0.1, 0.15) is 361 Å². The van der Waals surface area contributed by atoms with Gasteiger partial charge in [-0.2, -0.15) is 0 Å². The SMILES string of the molecule is CCCCCCC/C=C\C/C=C\C/C=C\CCCCCCCCCCC(=O)OC(COC(=O)CCCCCCCCCCCCCCCCCCCCCCCCCCCCC/C=C\C/C=C\CCCCCCC)COP(=O)(O)OCCN. The van der Waals surface area contributed by atoms with Crippen LogP contribution in [0.5, 0.6) is 0 Å². The fraction of sp³-hybridized carbons (Fsp3) is 0.836. The van der Waals surface area contributed by atoms with E-state index in [2.05, 4.69) is 74.6 Å². The van der Waals surface area contributed by atoms with E-state index < -0.39 is 26.5 Å². The summed E-state index contributed by atoms with van der Waals surface area (Å²) in [7, 11) is -4.39. The van der Waals surface area contributed by atoms with Crippen molar-refractivity contribution in [1.29, 1.82) is 0 Å². The van der Waals surface area contributed by atoms with Gasteiger partial charge in [-0.25, -0.2) is 4.57 Å². The van der Waals surface area contributed by atoms with Gasteiger partial charge in [-0.15, -0.1) is 0 Å². The zero-order valence-electron chi connectivity index (χ0n) is 54.7. The first kappa shape index (κ1) is 80.7. The minimum absolute atomic E-state index is 0.0521. The summed E-state index contributed by atoms with van der Waals surface area (Å²) in [5.41, 5.74) is 5.40. The van der Waals surface area contributed by atoms with Gasteiger partial charge in [-0.1, -0.05) is 325 Å². The first-order valence-corrected chi connectivity index (χ1v) is 37.3. The van der Waals surface area contributed by atoms with Gasteiger partial charge < -0.3 is 20.1 Å². The molecule has 486 valence electrons. The quantitative estimate of drug-likeness (QED) is 0.0264. The van der Waals surface area contributed by atoms with Crippen LogP contribution in [-0.4, -0.2) is 49.3 Å². The van der Waals surface area contributed by atoms with Crippen LogP contribution in [0.15, 0.2) is 60.8 Å². The predicted molar refractivity (Wildman–Crippen MR) is 358 cm³/mol. The number of ether oxygens (including phenoxy) is 2. The monoisotopic (exact) mass is 1190 g/mol. The molecule has 83 heavy (non-hydrogen) atoms. The molecule has 0 saturated carbocycles. The standard InChI is InChI=1S/C73H136NO8P/c1-3-5-7-9-11-13-15-17-19-21-23-25-27-28-29-30-31-32-33-34-35-36-37-38-39-40-41-42-44-45-47-49-51-53-55-57-59-61-63-65-72(75)79-69-71(70-81-83(77,78)80-68-67-74)82-73(76)66-64-62-60-58-56-54-52-50-48-46-43-26-24-22-20-18-16-14-12-10-8-6-4-2/h15-18,21-24,43,46,71H,3-14,19-20,25-42,44-45,47-70,74H2,1-2H3,(H,77,78)/b17-15-,18-16-,23-21-,24-22-,46-43-. The number of allylic oxidation sites excluding steroid dienone is 10. The summed E-state index contributed by atoms with van der Waals surface area (Å²) in [6, 6.07) is 0. The number of rotatable bonds is 68. The highest BCUT2D eigenvalue weighted by molar-refractivity contribution is 7.47. The molecule has 0 aromatic carbocycles. The van der Waals surface area contributed by atoms with Gasteiger partial charge in [-0.05, 0) is 83.5 Å². The Hall–Kier alpha value is -2.29. The van der Waals surface area contributed by atoms with Gasteiger partial charge in [0.25, 0.3) is 0 Å². The maximum absolute atomic E-state index is 12.7. The van der Waals surface area contributed by atoms with Crippen molar-refractivity contribution in [1.82, 2.24) is 0 Å². The van der Waals surface area contributed by atoms with Crippen molar-refractivity contribution in [3.05, 3.63) is 60.8 Å². The average molecular weight is 1190 g/mol. The zero-order chi connectivity index (χ0) is 60.1. The van der Waals surface area contributed by atoms with Crippen molar-refractivity contribution < 1.29 is 37.6 Å². The van der Waals surface area contributed by atoms with Gasteiger partial charge in [0, 0.05) is 19.4 Å². The second kappa shape index (κ2) is 68.8. The van der Waals surface area contributed by atoms with Crippen LogP contribution in [0.2, 0.25) is 0 Å². The Morgan fingerprint density at radius 3 is 0.928 bits per heavy atom. The van der Waals surface area contributed by atoms with Gasteiger partial charge in [0.1, 0.15) is 6.61 Å². The van der Waals surface area contributed by atoms with Crippen molar-refractivity contribution in [2.24, 2.45) is 5.73 Å². The molecule has 2 unspecified atom stereocenters. The van der Waals surface area contributed by atoms with Crippen molar-refractivity contribution in [2.75, 3.05) is 26.4 Å². The maximum atomic E-state index is 12.7. The minimum Gasteiger partial charge on any atom is -0.462 e. The molecule has 2 atom stereocenters. The number of hydrogen-bond acceptors (Lipinski definition) is 8. The molecule has 0 bridgehead atoms. The molecule has 3 N–H and O–H groups in total. The van der Waals surface area contributed by atoms with E-state index in [9.17, 15) is 19.0 Å². The largest absolute Gasteiger partial charge is 0.472 e. The number of hydrogen-bond donors (Lipinski definition) is 2. The highest BCUT2D eigenvalue weighted by Crippen LogP contribution is 2.43. The topological polar surface area (TPSA) is 134 Å². The van der Waals surface area contributed by atoms with Crippen molar-refractivity contribution in [3.63, 3.8) is 0 Å². The first-order chi connectivity index (χ1) is 40.8. The summed E-state index contributed by atoms with van der Waals surface area (Å²) in [5, 5.41) is 0. The van der Waals surface area contributed by atoms with E-state index in [0.717, 1.165) is 64.2 Å². The lowest BCUT2D eigenvalue weighted by molar-refractivity contribution is -0.161. The van der Waals surface area contributed by atoms with Crippen molar-refractivity contribution in [2.45, 2.75) is 367 Å². The van der Waals surface area contributed by atoms with Gasteiger partial charge >= 0.3 is 19.8 Å². The number of phosphoric ester groups is 1. The lowest BCUT2D eigenvalue weighted by Crippen LogP contribution is -2.29. The van der Waals surface area contributed by atoms with Crippen LogP contribution >= 0.6 is 7.82 Å². The minimum atomic E-state index is -4.39. The number of unbranched alkanes of at least 4 members (excludes halogenated alkanes) is 45. The fourth-order valence-electron chi connectivity index (χ4n) is 10.6. The molecule has 10 heteroatoms. The molecule has 0 fully saturated rings. The third kappa shape index (κ3) is 68.7. The Bertz CT molecular complexity index is 1540. The molecular formula is C73H136NO8P. The van der Waals surface area contributed by atoms with E-state index in [1.807, 2.05) is 0 Å². The van der Waals surface area contributed by atoms with Gasteiger partial charge in [0.2, 0.25) is 0 Å². The summed E-state index contributed by atoms with van der Waals surface area (Å²) < 4.78 is 33.2. The summed E-state index contributed by atoms with van der Waals surface area (Å²) in [4.78, 5) is 35.3. The van der Waals surface area contributed by atoms with Crippen LogP contribution in [0.25, 0.3) is 0 Å². The van der Waals surface area contributed by atoms with Crippen LogP contribution < -0.4 is 5.73 Å². The zero-order valence-corrected chi connectivity index (χ0v) is 55.6. The molecule has 0 heterocycles. The Morgan fingerprint density at radius 1 is 0.361 bits per heavy atom. The van der Waals surface area contributed by atoms with Crippen molar-refractivity contribution >= 4 is 19.8 Å². The Labute approximate surface area is 514 Å². The molecule has 0 saturated heterocycles. The molecule has 0 rings (SSSR count). The Kier molecular flexibility index (Phi) is 66.9. The predicted octanol–water partition coefficient (Wildman–Crippen LogP) is 23.4. The van der Waals surface area contributed by atoms with Crippen LogP contribution in [0.3, 0.4) is 0 Å². The number of nitrogens with two attached hydrogens (primary N) is 1. The van der Waals surface area contributed by atoms with Crippen LogP contribution in [0.4, 0.5) is 0 Å². The van der Waals surface area contributed by atoms with Crippen molar-refractivity contribution in [3.8, 4) is 0 Å². The molecular weight excluding hydrogens is 1050 g/mol. The Morgan fingerprint density at radius 2 is 0.627 bits per heavy atom. The summed E-state index contributed by atoms with van der Waals surface area (Å²) >= 11 is 0. The van der Waals surface area contributed by atoms with E-state index in [0.29, 0.717) is 6.42 Å². The highest BCUT2D eigenvalue weighted by Gasteiger charge is 2.26. The lowest BCUT2D eigenvalue weighted by atomic mass is 10.0. The molecule has 0 aromatic rings. The van der Waals surface area contributed by atoms with Gasteiger partial charge in [0.15, 0.2) is 6.10 Å². The first-order valence-electron chi connectivity index (χ1n) is 35.8. The number of esters is 2. The van der Waals surface area contributed by atoms with E-state index in [1.165, 1.54) is 263 Å². The smallest absolute Gasteiger partial charge is 0.462 e. The fourth-order valence-corrected chi connectivity index (χ4v) is 11.3. The normalized spacial score (nSPS) is 13.3. The second-order valence-corrected chi connectivity index (χ2v) is 25.6. The number of carbonyl (C=O) groups excluding carboxylic acids is 2. The molecule has 0 aromatic heterocycles.